The molecule has 2 heterocycles. The van der Waals surface area contributed by atoms with Crippen molar-refractivity contribution in [2.45, 2.75) is 26.2 Å². The fourth-order valence-corrected chi connectivity index (χ4v) is 2.44. The molecule has 0 bridgehead atoms. The van der Waals surface area contributed by atoms with Crippen molar-refractivity contribution in [3.05, 3.63) is 0 Å². The quantitative estimate of drug-likeness (QED) is 0.599. The molecule has 0 saturated carbocycles. The van der Waals surface area contributed by atoms with E-state index in [1.807, 2.05) is 4.90 Å². The standard InChI is InChI=1S/C10H16N2O2/c1-8(13)12-6-3-10(4-7-12)2-5-11-9(10)14/h2-7H2,1H3,(H,11,14). The number of rotatable bonds is 0. The van der Waals surface area contributed by atoms with Crippen molar-refractivity contribution in [2.75, 3.05) is 19.6 Å². The van der Waals surface area contributed by atoms with E-state index < -0.39 is 0 Å². The van der Waals surface area contributed by atoms with Crippen LogP contribution in [-0.4, -0.2) is 36.3 Å². The third kappa shape index (κ3) is 1.38. The van der Waals surface area contributed by atoms with Gasteiger partial charge in [-0.3, -0.25) is 9.59 Å². The number of amides is 2. The lowest BCUT2D eigenvalue weighted by molar-refractivity contribution is -0.136. The van der Waals surface area contributed by atoms with Crippen LogP contribution in [0.5, 0.6) is 0 Å². The van der Waals surface area contributed by atoms with Crippen molar-refractivity contribution in [1.29, 1.82) is 0 Å². The zero-order valence-corrected chi connectivity index (χ0v) is 8.51. The lowest BCUT2D eigenvalue weighted by atomic mass is 9.77. The predicted octanol–water partition coefficient (Wildman–Crippen LogP) is 0.135. The van der Waals surface area contributed by atoms with Gasteiger partial charge in [-0.1, -0.05) is 0 Å². The molecule has 2 amide bonds. The minimum Gasteiger partial charge on any atom is -0.356 e. The highest BCUT2D eigenvalue weighted by Gasteiger charge is 2.44. The average Bonchev–Trinajstić information content (AvgIpc) is 2.49. The molecule has 2 aliphatic heterocycles. The van der Waals surface area contributed by atoms with Gasteiger partial charge in [0.15, 0.2) is 0 Å². The topological polar surface area (TPSA) is 49.4 Å². The van der Waals surface area contributed by atoms with E-state index in [0.717, 1.165) is 38.9 Å². The van der Waals surface area contributed by atoms with Crippen LogP contribution in [0.25, 0.3) is 0 Å². The van der Waals surface area contributed by atoms with E-state index in [1.54, 1.807) is 6.92 Å². The predicted molar refractivity (Wildman–Crippen MR) is 51.5 cm³/mol. The Morgan fingerprint density at radius 1 is 1.36 bits per heavy atom. The Kier molecular flexibility index (Phi) is 2.21. The van der Waals surface area contributed by atoms with Crippen molar-refractivity contribution in [1.82, 2.24) is 10.2 Å². The third-order valence-electron chi connectivity index (χ3n) is 3.54. The molecule has 0 aromatic heterocycles. The summed E-state index contributed by atoms with van der Waals surface area (Å²) in [6.07, 6.45) is 2.61. The van der Waals surface area contributed by atoms with Crippen LogP contribution in [0.1, 0.15) is 26.2 Å². The number of carbonyl (C=O) groups excluding carboxylic acids is 2. The lowest BCUT2D eigenvalue weighted by Crippen LogP contribution is -2.45. The van der Waals surface area contributed by atoms with Crippen molar-refractivity contribution in [3.63, 3.8) is 0 Å². The summed E-state index contributed by atoms with van der Waals surface area (Å²) in [4.78, 5) is 24.6. The number of hydrogen-bond donors (Lipinski definition) is 1. The van der Waals surface area contributed by atoms with E-state index >= 15 is 0 Å². The molecule has 0 aromatic carbocycles. The fourth-order valence-electron chi connectivity index (χ4n) is 2.44. The van der Waals surface area contributed by atoms with E-state index in [1.165, 1.54) is 0 Å². The normalized spacial score (nSPS) is 25.2. The fraction of sp³-hybridized carbons (Fsp3) is 0.800. The van der Waals surface area contributed by atoms with Crippen LogP contribution in [0, 0.1) is 5.41 Å². The molecule has 2 aliphatic rings. The highest BCUT2D eigenvalue weighted by Crippen LogP contribution is 2.37. The van der Waals surface area contributed by atoms with E-state index in [0.29, 0.717) is 0 Å². The highest BCUT2D eigenvalue weighted by molar-refractivity contribution is 5.85. The Hall–Kier alpha value is -1.06. The summed E-state index contributed by atoms with van der Waals surface area (Å²) >= 11 is 0. The van der Waals surface area contributed by atoms with E-state index in [2.05, 4.69) is 5.32 Å². The minimum absolute atomic E-state index is 0.123. The first-order chi connectivity index (χ1) is 6.64. The SMILES string of the molecule is CC(=O)N1CCC2(CCNC2=O)CC1. The summed E-state index contributed by atoms with van der Waals surface area (Å²) in [7, 11) is 0. The molecule has 4 nitrogen and oxygen atoms in total. The summed E-state index contributed by atoms with van der Waals surface area (Å²) in [5.41, 5.74) is -0.147. The van der Waals surface area contributed by atoms with Gasteiger partial charge in [0.1, 0.15) is 0 Å². The molecule has 0 atom stereocenters. The van der Waals surface area contributed by atoms with Crippen molar-refractivity contribution >= 4 is 11.8 Å². The number of nitrogens with zero attached hydrogens (tertiary/aromatic N) is 1. The average molecular weight is 196 g/mol. The van der Waals surface area contributed by atoms with Gasteiger partial charge in [-0.05, 0) is 19.3 Å². The molecular formula is C10H16N2O2. The maximum Gasteiger partial charge on any atom is 0.226 e. The Balaban J connectivity index is 2.01. The van der Waals surface area contributed by atoms with Crippen LogP contribution >= 0.6 is 0 Å². The van der Waals surface area contributed by atoms with Gasteiger partial charge in [-0.15, -0.1) is 0 Å². The molecule has 4 heteroatoms. The van der Waals surface area contributed by atoms with E-state index in [9.17, 15) is 9.59 Å². The van der Waals surface area contributed by atoms with Gasteiger partial charge in [0, 0.05) is 26.6 Å². The first-order valence-corrected chi connectivity index (χ1v) is 5.18. The highest BCUT2D eigenvalue weighted by atomic mass is 16.2. The summed E-state index contributed by atoms with van der Waals surface area (Å²) in [5.74, 6) is 0.318. The summed E-state index contributed by atoms with van der Waals surface area (Å²) in [5, 5.41) is 2.88. The van der Waals surface area contributed by atoms with Gasteiger partial charge in [0.25, 0.3) is 0 Å². The van der Waals surface area contributed by atoms with Crippen LogP contribution in [-0.2, 0) is 9.59 Å². The molecule has 0 aromatic rings. The smallest absolute Gasteiger partial charge is 0.226 e. The third-order valence-corrected chi connectivity index (χ3v) is 3.54. The molecule has 2 fully saturated rings. The molecule has 2 saturated heterocycles. The molecule has 0 radical (unpaired) electrons. The van der Waals surface area contributed by atoms with E-state index in [4.69, 9.17) is 0 Å². The Morgan fingerprint density at radius 2 is 2.00 bits per heavy atom. The Morgan fingerprint density at radius 3 is 2.43 bits per heavy atom. The zero-order chi connectivity index (χ0) is 10.2. The van der Waals surface area contributed by atoms with E-state index in [-0.39, 0.29) is 17.2 Å². The number of likely N-dealkylation sites (tertiary alicyclic amines) is 1. The summed E-state index contributed by atoms with van der Waals surface area (Å²) < 4.78 is 0. The zero-order valence-electron chi connectivity index (χ0n) is 8.51. The van der Waals surface area contributed by atoms with Crippen LogP contribution in [0.2, 0.25) is 0 Å². The molecule has 14 heavy (non-hydrogen) atoms. The second-order valence-electron chi connectivity index (χ2n) is 4.29. The van der Waals surface area contributed by atoms with Gasteiger partial charge < -0.3 is 10.2 Å². The minimum atomic E-state index is -0.147. The van der Waals surface area contributed by atoms with Crippen molar-refractivity contribution < 1.29 is 9.59 Å². The molecular weight excluding hydrogens is 180 g/mol. The van der Waals surface area contributed by atoms with Gasteiger partial charge in [0.05, 0.1) is 5.41 Å². The van der Waals surface area contributed by atoms with Gasteiger partial charge in [-0.25, -0.2) is 0 Å². The second-order valence-corrected chi connectivity index (χ2v) is 4.29. The van der Waals surface area contributed by atoms with Crippen LogP contribution in [0.15, 0.2) is 0 Å². The second kappa shape index (κ2) is 3.26. The number of carbonyl (C=O) groups is 2. The van der Waals surface area contributed by atoms with Gasteiger partial charge >= 0.3 is 0 Å². The van der Waals surface area contributed by atoms with Crippen LogP contribution in [0.3, 0.4) is 0 Å². The first-order valence-electron chi connectivity index (χ1n) is 5.18. The van der Waals surface area contributed by atoms with Crippen molar-refractivity contribution in [2.24, 2.45) is 5.41 Å². The first kappa shape index (κ1) is 9.49. The maximum atomic E-state index is 11.6. The van der Waals surface area contributed by atoms with Gasteiger partial charge in [0.2, 0.25) is 11.8 Å². The van der Waals surface area contributed by atoms with Crippen LogP contribution < -0.4 is 5.32 Å². The monoisotopic (exact) mass is 196 g/mol. The number of nitrogens with one attached hydrogen (secondary N) is 1. The largest absolute Gasteiger partial charge is 0.356 e. The Bertz CT molecular complexity index is 267. The molecule has 2 rings (SSSR count). The maximum absolute atomic E-state index is 11.6. The summed E-state index contributed by atoms with van der Waals surface area (Å²) in [6.45, 7) is 3.87. The molecule has 1 N–H and O–H groups in total. The lowest BCUT2D eigenvalue weighted by Gasteiger charge is -2.36. The van der Waals surface area contributed by atoms with Gasteiger partial charge in [-0.2, -0.15) is 0 Å². The molecule has 78 valence electrons. The molecule has 0 unspecified atom stereocenters. The number of piperidine rings is 1. The van der Waals surface area contributed by atoms with Crippen LogP contribution in [0.4, 0.5) is 0 Å². The van der Waals surface area contributed by atoms with Crippen molar-refractivity contribution in [3.8, 4) is 0 Å². The Labute approximate surface area is 83.6 Å². The molecule has 1 spiro atoms. The molecule has 0 aliphatic carbocycles. The summed E-state index contributed by atoms with van der Waals surface area (Å²) in [6, 6.07) is 0. The number of hydrogen-bond acceptors (Lipinski definition) is 2.